The van der Waals surface area contributed by atoms with Crippen molar-refractivity contribution in [1.82, 2.24) is 10.6 Å². The Kier molecular flexibility index (Phi) is 7.73. The van der Waals surface area contributed by atoms with E-state index >= 15 is 0 Å². The minimum Gasteiger partial charge on any atom is -0.496 e. The summed E-state index contributed by atoms with van der Waals surface area (Å²) in [6.07, 6.45) is -0.0163. The first kappa shape index (κ1) is 19.1. The highest BCUT2D eigenvalue weighted by Crippen LogP contribution is 2.29. The first-order chi connectivity index (χ1) is 10.8. The number of carbonyl (C=O) groups excluding carboxylic acids is 2. The van der Waals surface area contributed by atoms with Crippen LogP contribution in [0.1, 0.15) is 16.8 Å². The van der Waals surface area contributed by atoms with Gasteiger partial charge < -0.3 is 15.4 Å². The fraction of sp³-hybridized carbons (Fsp3) is 0.429. The number of hydrogen-bond acceptors (Lipinski definition) is 4. The van der Waals surface area contributed by atoms with Gasteiger partial charge in [-0.2, -0.15) is 13.2 Å². The molecule has 2 N–H and O–H groups in total. The number of thioether (sulfide) groups is 1. The monoisotopic (exact) mass is 350 g/mol. The summed E-state index contributed by atoms with van der Waals surface area (Å²) in [4.78, 5) is 23.4. The molecule has 0 aliphatic carbocycles. The number of nitrogens with one attached hydrogen (secondary N) is 2. The van der Waals surface area contributed by atoms with Crippen molar-refractivity contribution >= 4 is 23.6 Å². The molecule has 0 bridgehead atoms. The minimum absolute atomic E-state index is 0.0163. The zero-order valence-corrected chi connectivity index (χ0v) is 13.2. The third-order valence-electron chi connectivity index (χ3n) is 2.68. The summed E-state index contributed by atoms with van der Waals surface area (Å²) < 4.78 is 40.7. The molecule has 0 saturated carbocycles. The van der Waals surface area contributed by atoms with Crippen LogP contribution in [0.3, 0.4) is 0 Å². The van der Waals surface area contributed by atoms with Gasteiger partial charge in [-0.1, -0.05) is 12.1 Å². The Morgan fingerprint density at radius 1 is 1.17 bits per heavy atom. The van der Waals surface area contributed by atoms with Crippen molar-refractivity contribution in [1.29, 1.82) is 0 Å². The van der Waals surface area contributed by atoms with Gasteiger partial charge in [-0.05, 0) is 23.9 Å². The van der Waals surface area contributed by atoms with Crippen molar-refractivity contribution in [2.24, 2.45) is 0 Å². The molecule has 9 heteroatoms. The first-order valence-electron chi connectivity index (χ1n) is 6.72. The van der Waals surface area contributed by atoms with Crippen molar-refractivity contribution in [3.63, 3.8) is 0 Å². The average molecular weight is 350 g/mol. The number of ether oxygens (including phenoxy) is 1. The highest BCUT2D eigenvalue weighted by Gasteiger charge is 2.27. The topological polar surface area (TPSA) is 67.4 Å². The van der Waals surface area contributed by atoms with Gasteiger partial charge in [0, 0.05) is 25.3 Å². The Labute approximate surface area is 136 Å². The summed E-state index contributed by atoms with van der Waals surface area (Å²) >= 11 is -0.193. The standard InChI is InChI=1S/C14H17F3N2O3S/c1-22-11-5-3-2-4-10(11)13(21)19-7-6-12(20)18-8-9-23-14(15,16)17/h2-5H,6-9H2,1H3,(H,18,20)(H,19,21). The van der Waals surface area contributed by atoms with E-state index < -0.39 is 11.4 Å². The smallest absolute Gasteiger partial charge is 0.441 e. The molecular weight excluding hydrogens is 333 g/mol. The zero-order chi connectivity index (χ0) is 17.3. The Bertz CT molecular complexity index is 538. The highest BCUT2D eigenvalue weighted by atomic mass is 32.2. The number of alkyl halides is 3. The SMILES string of the molecule is COc1ccccc1C(=O)NCCC(=O)NCCSC(F)(F)F. The summed E-state index contributed by atoms with van der Waals surface area (Å²) in [5.74, 6) is -0.641. The van der Waals surface area contributed by atoms with Crippen molar-refractivity contribution in [3.05, 3.63) is 29.8 Å². The van der Waals surface area contributed by atoms with Crippen LogP contribution in [0.25, 0.3) is 0 Å². The Hall–Kier alpha value is -1.90. The van der Waals surface area contributed by atoms with Gasteiger partial charge in [0.15, 0.2) is 0 Å². The molecular formula is C14H17F3N2O3S. The lowest BCUT2D eigenvalue weighted by Crippen LogP contribution is -2.32. The maximum Gasteiger partial charge on any atom is 0.441 e. The van der Waals surface area contributed by atoms with E-state index in [-0.39, 0.29) is 42.9 Å². The van der Waals surface area contributed by atoms with Crippen molar-refractivity contribution in [2.45, 2.75) is 11.9 Å². The second-order valence-electron chi connectivity index (χ2n) is 4.35. The highest BCUT2D eigenvalue weighted by molar-refractivity contribution is 8.00. The van der Waals surface area contributed by atoms with Gasteiger partial charge in [0.2, 0.25) is 5.91 Å². The van der Waals surface area contributed by atoms with E-state index in [0.29, 0.717) is 11.3 Å². The van der Waals surface area contributed by atoms with E-state index in [2.05, 4.69) is 10.6 Å². The molecule has 0 heterocycles. The number of rotatable bonds is 8. The van der Waals surface area contributed by atoms with E-state index in [9.17, 15) is 22.8 Å². The number of halogens is 3. The molecule has 0 radical (unpaired) electrons. The predicted octanol–water partition coefficient (Wildman–Crippen LogP) is 2.18. The van der Waals surface area contributed by atoms with Gasteiger partial charge in [0.1, 0.15) is 5.75 Å². The molecule has 5 nitrogen and oxygen atoms in total. The number of benzene rings is 1. The maximum atomic E-state index is 11.9. The van der Waals surface area contributed by atoms with E-state index in [0.717, 1.165) is 0 Å². The lowest BCUT2D eigenvalue weighted by molar-refractivity contribution is -0.120. The molecule has 1 rings (SSSR count). The first-order valence-corrected chi connectivity index (χ1v) is 7.70. The summed E-state index contributed by atoms with van der Waals surface area (Å²) in [5.41, 5.74) is -3.95. The normalized spacial score (nSPS) is 11.0. The van der Waals surface area contributed by atoms with Crippen LogP contribution in [-0.4, -0.2) is 43.3 Å². The van der Waals surface area contributed by atoms with Crippen molar-refractivity contribution in [2.75, 3.05) is 26.0 Å². The molecule has 1 aromatic rings. The van der Waals surface area contributed by atoms with E-state index in [1.54, 1.807) is 24.3 Å². The van der Waals surface area contributed by atoms with Crippen LogP contribution in [0.2, 0.25) is 0 Å². The van der Waals surface area contributed by atoms with Gasteiger partial charge in [0.25, 0.3) is 5.91 Å². The lowest BCUT2D eigenvalue weighted by Gasteiger charge is -2.09. The summed E-state index contributed by atoms with van der Waals surface area (Å²) in [6.45, 7) is -0.00140. The van der Waals surface area contributed by atoms with Crippen LogP contribution < -0.4 is 15.4 Å². The Morgan fingerprint density at radius 2 is 1.87 bits per heavy atom. The minimum atomic E-state index is -4.30. The molecule has 0 aromatic heterocycles. The van der Waals surface area contributed by atoms with Crippen LogP contribution >= 0.6 is 11.8 Å². The van der Waals surface area contributed by atoms with Gasteiger partial charge in [-0.3, -0.25) is 9.59 Å². The average Bonchev–Trinajstić information content (AvgIpc) is 2.50. The van der Waals surface area contributed by atoms with Crippen LogP contribution in [0.15, 0.2) is 24.3 Å². The number of methoxy groups -OCH3 is 1. The predicted molar refractivity (Wildman–Crippen MR) is 81.5 cm³/mol. The second kappa shape index (κ2) is 9.29. The number of carbonyl (C=O) groups is 2. The molecule has 2 amide bonds. The second-order valence-corrected chi connectivity index (χ2v) is 5.51. The fourth-order valence-corrected chi connectivity index (χ4v) is 2.10. The van der Waals surface area contributed by atoms with E-state index in [1.165, 1.54) is 7.11 Å². The van der Waals surface area contributed by atoms with Gasteiger partial charge >= 0.3 is 5.51 Å². The third-order valence-corrected chi connectivity index (χ3v) is 3.41. The third kappa shape index (κ3) is 7.78. The van der Waals surface area contributed by atoms with Crippen LogP contribution in [-0.2, 0) is 4.79 Å². The number of hydrogen-bond donors (Lipinski definition) is 2. The number of amides is 2. The summed E-state index contributed by atoms with van der Waals surface area (Å²) in [5, 5.41) is 4.91. The van der Waals surface area contributed by atoms with Crippen molar-refractivity contribution in [3.8, 4) is 5.75 Å². The molecule has 0 aliphatic heterocycles. The molecule has 0 aliphatic rings. The van der Waals surface area contributed by atoms with Gasteiger partial charge in [-0.15, -0.1) is 0 Å². The van der Waals surface area contributed by atoms with Crippen LogP contribution in [0, 0.1) is 0 Å². The lowest BCUT2D eigenvalue weighted by atomic mass is 10.2. The van der Waals surface area contributed by atoms with Crippen LogP contribution in [0.5, 0.6) is 5.75 Å². The largest absolute Gasteiger partial charge is 0.496 e. The summed E-state index contributed by atoms with van der Waals surface area (Å²) in [6, 6.07) is 6.63. The van der Waals surface area contributed by atoms with Gasteiger partial charge in [-0.25, -0.2) is 0 Å². The molecule has 1 aromatic carbocycles. The Balaban J connectivity index is 2.25. The molecule has 0 atom stereocenters. The quantitative estimate of drug-likeness (QED) is 0.706. The van der Waals surface area contributed by atoms with Gasteiger partial charge in [0.05, 0.1) is 12.7 Å². The molecule has 128 valence electrons. The van der Waals surface area contributed by atoms with Crippen molar-refractivity contribution < 1.29 is 27.5 Å². The van der Waals surface area contributed by atoms with Crippen LogP contribution in [0.4, 0.5) is 13.2 Å². The maximum absolute atomic E-state index is 11.9. The fourth-order valence-electron chi connectivity index (χ4n) is 1.66. The van der Waals surface area contributed by atoms with E-state index in [1.807, 2.05) is 0 Å². The van der Waals surface area contributed by atoms with E-state index in [4.69, 9.17) is 4.74 Å². The summed E-state index contributed by atoms with van der Waals surface area (Å²) in [7, 11) is 1.44. The molecule has 0 spiro atoms. The number of para-hydroxylation sites is 1. The molecule has 23 heavy (non-hydrogen) atoms. The molecule has 0 unspecified atom stereocenters. The molecule has 0 saturated heterocycles. The molecule has 0 fully saturated rings. The zero-order valence-electron chi connectivity index (χ0n) is 12.4. The Morgan fingerprint density at radius 3 is 2.52 bits per heavy atom.